The second kappa shape index (κ2) is 11.2. The molecule has 3 heterocycles. The number of benzene rings is 3. The molecule has 1 aromatic heterocycles. The second-order valence-corrected chi connectivity index (χ2v) is 9.38. The SMILES string of the molecule is Cl.O=C(N[C@@H](Cc1c[nH]c2ccccc12)C(=O)Nc1ccc2c(c1)OCCO2)[C@@H]1Cc2ccccc2CN1. The van der Waals surface area contributed by atoms with Crippen LogP contribution in [0.5, 0.6) is 11.5 Å². The number of nitrogens with one attached hydrogen (secondary N) is 4. The molecule has 2 aliphatic heterocycles. The molecule has 9 heteroatoms. The van der Waals surface area contributed by atoms with Crippen LogP contribution in [0, 0.1) is 0 Å². The number of anilines is 1. The van der Waals surface area contributed by atoms with Crippen molar-refractivity contribution in [2.24, 2.45) is 0 Å². The van der Waals surface area contributed by atoms with E-state index < -0.39 is 12.1 Å². The number of aromatic nitrogens is 1. The van der Waals surface area contributed by atoms with E-state index in [1.54, 1.807) is 18.2 Å². The molecule has 0 radical (unpaired) electrons. The van der Waals surface area contributed by atoms with Crippen molar-refractivity contribution in [1.82, 2.24) is 15.6 Å². The number of para-hydroxylation sites is 1. The van der Waals surface area contributed by atoms with E-state index in [1.165, 1.54) is 5.56 Å². The van der Waals surface area contributed by atoms with E-state index in [0.29, 0.717) is 49.8 Å². The first-order valence-corrected chi connectivity index (χ1v) is 12.5. The molecule has 2 atom stereocenters. The van der Waals surface area contributed by atoms with Crippen molar-refractivity contribution in [3.8, 4) is 11.5 Å². The van der Waals surface area contributed by atoms with Gasteiger partial charge in [-0.25, -0.2) is 0 Å². The maximum absolute atomic E-state index is 13.5. The fourth-order valence-electron chi connectivity index (χ4n) is 4.99. The smallest absolute Gasteiger partial charge is 0.247 e. The standard InChI is InChI=1S/C29H28N4O4.ClH/c34-28(24-13-18-5-1-2-6-19(18)16-31-24)33-25(14-20-17-30-23-8-4-3-7-22(20)23)29(35)32-21-9-10-26-27(15-21)37-12-11-36-26;/h1-10,15,17,24-25,30-31H,11-14,16H2,(H,32,35)(H,33,34);1H/t24-,25-;/m0./s1. The number of aromatic amines is 1. The van der Waals surface area contributed by atoms with E-state index in [2.05, 4.69) is 33.1 Å². The number of carbonyl (C=O) groups is 2. The molecule has 4 N–H and O–H groups in total. The van der Waals surface area contributed by atoms with Crippen molar-refractivity contribution in [3.05, 3.63) is 89.6 Å². The number of carbonyl (C=O) groups excluding carboxylic acids is 2. The van der Waals surface area contributed by atoms with Crippen molar-refractivity contribution in [2.75, 3.05) is 18.5 Å². The van der Waals surface area contributed by atoms with Crippen molar-refractivity contribution < 1.29 is 19.1 Å². The maximum atomic E-state index is 13.5. The Morgan fingerprint density at radius 2 is 1.71 bits per heavy atom. The van der Waals surface area contributed by atoms with Gasteiger partial charge in [-0.1, -0.05) is 42.5 Å². The van der Waals surface area contributed by atoms with Gasteiger partial charge in [0.1, 0.15) is 19.3 Å². The van der Waals surface area contributed by atoms with E-state index in [4.69, 9.17) is 9.47 Å². The summed E-state index contributed by atoms with van der Waals surface area (Å²) >= 11 is 0. The first kappa shape index (κ1) is 25.6. The molecule has 3 aromatic carbocycles. The summed E-state index contributed by atoms with van der Waals surface area (Å²) in [5, 5.41) is 10.3. The molecular weight excluding hydrogens is 504 g/mol. The molecule has 4 aromatic rings. The number of hydrogen-bond donors (Lipinski definition) is 4. The van der Waals surface area contributed by atoms with Crippen LogP contribution in [-0.2, 0) is 29.0 Å². The third kappa shape index (κ3) is 5.32. The lowest BCUT2D eigenvalue weighted by Gasteiger charge is -2.27. The summed E-state index contributed by atoms with van der Waals surface area (Å²) in [5.74, 6) is 0.742. The number of amides is 2. The summed E-state index contributed by atoms with van der Waals surface area (Å²) in [5.41, 5.74) is 4.87. The quantitative estimate of drug-likeness (QED) is 0.303. The predicted octanol–water partition coefficient (Wildman–Crippen LogP) is 3.74. The maximum Gasteiger partial charge on any atom is 0.247 e. The Morgan fingerprint density at radius 3 is 2.58 bits per heavy atom. The molecule has 0 spiro atoms. The molecule has 0 saturated heterocycles. The van der Waals surface area contributed by atoms with Crippen LogP contribution in [0.3, 0.4) is 0 Å². The molecule has 196 valence electrons. The highest BCUT2D eigenvalue weighted by atomic mass is 35.5. The molecular formula is C29H29ClN4O4. The van der Waals surface area contributed by atoms with Gasteiger partial charge in [0.25, 0.3) is 0 Å². The number of H-pyrrole nitrogens is 1. The zero-order chi connectivity index (χ0) is 25.2. The molecule has 2 amide bonds. The van der Waals surface area contributed by atoms with Crippen LogP contribution in [-0.4, -0.2) is 42.1 Å². The molecule has 38 heavy (non-hydrogen) atoms. The normalized spacial score (nSPS) is 16.6. The second-order valence-electron chi connectivity index (χ2n) is 9.38. The van der Waals surface area contributed by atoms with Crippen LogP contribution >= 0.6 is 12.4 Å². The number of ether oxygens (including phenoxy) is 2. The van der Waals surface area contributed by atoms with E-state index in [-0.39, 0.29) is 24.2 Å². The summed E-state index contributed by atoms with van der Waals surface area (Å²) in [6.45, 7) is 1.57. The highest BCUT2D eigenvalue weighted by Crippen LogP contribution is 2.32. The van der Waals surface area contributed by atoms with Gasteiger partial charge in [-0.15, -0.1) is 12.4 Å². The Hall–Kier alpha value is -4.01. The van der Waals surface area contributed by atoms with E-state index in [9.17, 15) is 9.59 Å². The third-order valence-corrected chi connectivity index (χ3v) is 6.94. The predicted molar refractivity (Wildman–Crippen MR) is 148 cm³/mol. The van der Waals surface area contributed by atoms with Gasteiger partial charge in [-0.05, 0) is 41.3 Å². The summed E-state index contributed by atoms with van der Waals surface area (Å²) in [7, 11) is 0. The Morgan fingerprint density at radius 1 is 0.947 bits per heavy atom. The van der Waals surface area contributed by atoms with Crippen molar-refractivity contribution in [2.45, 2.75) is 31.5 Å². The molecule has 0 bridgehead atoms. The van der Waals surface area contributed by atoms with Crippen LogP contribution in [0.1, 0.15) is 16.7 Å². The Labute approximate surface area is 226 Å². The lowest BCUT2D eigenvalue weighted by atomic mass is 9.95. The fourth-order valence-corrected chi connectivity index (χ4v) is 4.99. The third-order valence-electron chi connectivity index (χ3n) is 6.94. The number of fused-ring (bicyclic) bond motifs is 3. The van der Waals surface area contributed by atoms with Crippen molar-refractivity contribution in [1.29, 1.82) is 0 Å². The average Bonchev–Trinajstić information content (AvgIpc) is 3.35. The zero-order valence-corrected chi connectivity index (χ0v) is 21.5. The molecule has 0 unspecified atom stereocenters. The monoisotopic (exact) mass is 532 g/mol. The highest BCUT2D eigenvalue weighted by molar-refractivity contribution is 5.99. The van der Waals surface area contributed by atoms with Gasteiger partial charge in [0, 0.05) is 41.8 Å². The molecule has 0 fully saturated rings. The Balaban J connectivity index is 0.00000294. The van der Waals surface area contributed by atoms with E-state index in [0.717, 1.165) is 22.0 Å². The summed E-state index contributed by atoms with van der Waals surface area (Å²) in [4.78, 5) is 30.1. The average molecular weight is 533 g/mol. The lowest BCUT2D eigenvalue weighted by molar-refractivity contribution is -0.128. The van der Waals surface area contributed by atoms with Gasteiger partial charge in [0.2, 0.25) is 11.8 Å². The van der Waals surface area contributed by atoms with Gasteiger partial charge in [-0.3, -0.25) is 9.59 Å². The van der Waals surface area contributed by atoms with Crippen LogP contribution in [0.15, 0.2) is 72.9 Å². The Kier molecular flexibility index (Phi) is 7.53. The Bertz CT molecular complexity index is 1470. The molecule has 0 aliphatic carbocycles. The van der Waals surface area contributed by atoms with Gasteiger partial charge >= 0.3 is 0 Å². The lowest BCUT2D eigenvalue weighted by Crippen LogP contribution is -2.53. The minimum atomic E-state index is -0.779. The highest BCUT2D eigenvalue weighted by Gasteiger charge is 2.29. The number of halogens is 1. The molecule has 8 nitrogen and oxygen atoms in total. The van der Waals surface area contributed by atoms with Crippen LogP contribution < -0.4 is 25.4 Å². The summed E-state index contributed by atoms with van der Waals surface area (Å²) < 4.78 is 11.2. The van der Waals surface area contributed by atoms with E-state index >= 15 is 0 Å². The van der Waals surface area contributed by atoms with Gasteiger partial charge in [-0.2, -0.15) is 0 Å². The van der Waals surface area contributed by atoms with Crippen molar-refractivity contribution in [3.63, 3.8) is 0 Å². The molecule has 6 rings (SSSR count). The zero-order valence-electron chi connectivity index (χ0n) is 20.7. The number of hydrogen-bond acceptors (Lipinski definition) is 5. The van der Waals surface area contributed by atoms with Crippen LogP contribution in [0.4, 0.5) is 5.69 Å². The van der Waals surface area contributed by atoms with Crippen molar-refractivity contribution >= 4 is 40.8 Å². The summed E-state index contributed by atoms with van der Waals surface area (Å²) in [6.07, 6.45) is 2.82. The molecule has 2 aliphatic rings. The first-order chi connectivity index (χ1) is 18.1. The minimum Gasteiger partial charge on any atom is -0.486 e. The molecule has 0 saturated carbocycles. The topological polar surface area (TPSA) is 104 Å². The largest absolute Gasteiger partial charge is 0.486 e. The van der Waals surface area contributed by atoms with Gasteiger partial charge in [0.05, 0.1) is 6.04 Å². The van der Waals surface area contributed by atoms with Crippen LogP contribution in [0.25, 0.3) is 10.9 Å². The van der Waals surface area contributed by atoms with E-state index in [1.807, 2.05) is 42.6 Å². The number of rotatable bonds is 6. The first-order valence-electron chi connectivity index (χ1n) is 12.5. The van der Waals surface area contributed by atoms with Gasteiger partial charge in [0.15, 0.2) is 11.5 Å². The minimum absolute atomic E-state index is 0. The van der Waals surface area contributed by atoms with Gasteiger partial charge < -0.3 is 30.4 Å². The fraction of sp³-hybridized carbons (Fsp3) is 0.241. The van der Waals surface area contributed by atoms with Crippen LogP contribution in [0.2, 0.25) is 0 Å². The summed E-state index contributed by atoms with van der Waals surface area (Å²) in [6, 6.07) is 20.1.